The fraction of sp³-hybridized carbons (Fsp3) is 0.273. The second-order valence-corrected chi connectivity index (χ2v) is 7.44. The molecule has 0 fully saturated rings. The number of hydrogen-bond acceptors (Lipinski definition) is 5. The van der Waals surface area contributed by atoms with Crippen molar-refractivity contribution in [3.8, 4) is 11.5 Å². The van der Waals surface area contributed by atoms with Gasteiger partial charge in [0, 0.05) is 24.5 Å². The van der Waals surface area contributed by atoms with Crippen molar-refractivity contribution in [2.24, 2.45) is 0 Å². The molecule has 0 unspecified atom stereocenters. The molecule has 0 saturated heterocycles. The first-order valence-electron chi connectivity index (χ1n) is 8.97. The number of hydrogen-bond donors (Lipinski definition) is 0. The van der Waals surface area contributed by atoms with E-state index in [2.05, 4.69) is 37.0 Å². The molecule has 0 radical (unpaired) electrons. The summed E-state index contributed by atoms with van der Waals surface area (Å²) in [7, 11) is 3.37. The van der Waals surface area contributed by atoms with Gasteiger partial charge in [-0.15, -0.1) is 11.3 Å². The van der Waals surface area contributed by atoms with Gasteiger partial charge in [-0.25, -0.2) is 4.98 Å². The standard InChI is InChI=1S/C22H24N2O3S/c1-15-5-6-18(16(2)9-15)11-24(3)22(25)17-7-8-20(21(10-17)26-4)27-12-19-13-28-14-23-19/h5-10,13-14H,11-12H2,1-4H3. The monoisotopic (exact) mass is 396 g/mol. The Balaban J connectivity index is 1.71. The topological polar surface area (TPSA) is 51.7 Å². The first-order chi connectivity index (χ1) is 13.5. The Bertz CT molecular complexity index is 954. The molecule has 0 aliphatic carbocycles. The van der Waals surface area contributed by atoms with Crippen LogP contribution in [-0.4, -0.2) is 29.9 Å². The molecule has 0 saturated carbocycles. The molecule has 3 aromatic rings. The lowest BCUT2D eigenvalue weighted by molar-refractivity contribution is 0.0784. The maximum absolute atomic E-state index is 12.9. The van der Waals surface area contributed by atoms with Crippen LogP contribution < -0.4 is 9.47 Å². The second kappa shape index (κ2) is 8.89. The molecule has 1 aromatic heterocycles. The van der Waals surface area contributed by atoms with Gasteiger partial charge in [-0.3, -0.25) is 4.79 Å². The average molecular weight is 397 g/mol. The van der Waals surface area contributed by atoms with Crippen LogP contribution in [0.2, 0.25) is 0 Å². The number of aryl methyl sites for hydroxylation is 2. The number of carbonyl (C=O) groups is 1. The zero-order valence-corrected chi connectivity index (χ0v) is 17.4. The van der Waals surface area contributed by atoms with E-state index in [1.807, 2.05) is 5.38 Å². The van der Waals surface area contributed by atoms with Gasteiger partial charge in [-0.1, -0.05) is 23.8 Å². The number of nitrogens with zero attached hydrogens (tertiary/aromatic N) is 2. The Morgan fingerprint density at radius 1 is 1.14 bits per heavy atom. The van der Waals surface area contributed by atoms with E-state index in [-0.39, 0.29) is 5.91 Å². The van der Waals surface area contributed by atoms with Crippen LogP contribution in [0.4, 0.5) is 0 Å². The van der Waals surface area contributed by atoms with Crippen LogP contribution in [0.3, 0.4) is 0 Å². The Morgan fingerprint density at radius 2 is 1.96 bits per heavy atom. The van der Waals surface area contributed by atoms with Crippen molar-refractivity contribution in [1.29, 1.82) is 0 Å². The van der Waals surface area contributed by atoms with Crippen molar-refractivity contribution in [2.45, 2.75) is 27.0 Å². The summed E-state index contributed by atoms with van der Waals surface area (Å²) in [5.74, 6) is 1.05. The summed E-state index contributed by atoms with van der Waals surface area (Å²) in [6.45, 7) is 5.04. The van der Waals surface area contributed by atoms with E-state index in [0.717, 1.165) is 11.3 Å². The zero-order valence-electron chi connectivity index (χ0n) is 16.6. The van der Waals surface area contributed by atoms with E-state index in [1.165, 1.54) is 22.5 Å². The van der Waals surface area contributed by atoms with Crippen LogP contribution >= 0.6 is 11.3 Å². The highest BCUT2D eigenvalue weighted by Gasteiger charge is 2.16. The van der Waals surface area contributed by atoms with Gasteiger partial charge in [0.15, 0.2) is 11.5 Å². The summed E-state index contributed by atoms with van der Waals surface area (Å²) < 4.78 is 11.2. The van der Waals surface area contributed by atoms with Crippen molar-refractivity contribution in [2.75, 3.05) is 14.2 Å². The van der Waals surface area contributed by atoms with Gasteiger partial charge in [0.2, 0.25) is 0 Å². The lowest BCUT2D eigenvalue weighted by Gasteiger charge is -2.20. The molecule has 0 aliphatic rings. The van der Waals surface area contributed by atoms with E-state index in [0.29, 0.717) is 30.2 Å². The molecule has 6 heteroatoms. The number of amides is 1. The molecular formula is C22H24N2O3S. The fourth-order valence-corrected chi connectivity index (χ4v) is 3.49. The largest absolute Gasteiger partial charge is 0.493 e. The number of aromatic nitrogens is 1. The van der Waals surface area contributed by atoms with Gasteiger partial charge < -0.3 is 14.4 Å². The molecule has 146 valence electrons. The van der Waals surface area contributed by atoms with E-state index in [4.69, 9.17) is 9.47 Å². The lowest BCUT2D eigenvalue weighted by Crippen LogP contribution is -2.26. The quantitative estimate of drug-likeness (QED) is 0.585. The molecule has 1 heterocycles. The summed E-state index contributed by atoms with van der Waals surface area (Å²) >= 11 is 1.52. The first-order valence-corrected chi connectivity index (χ1v) is 9.91. The molecule has 0 bridgehead atoms. The smallest absolute Gasteiger partial charge is 0.254 e. The van der Waals surface area contributed by atoms with Crippen molar-refractivity contribution in [3.63, 3.8) is 0 Å². The van der Waals surface area contributed by atoms with Gasteiger partial charge in [-0.05, 0) is 43.2 Å². The lowest BCUT2D eigenvalue weighted by atomic mass is 10.1. The van der Waals surface area contributed by atoms with Crippen LogP contribution in [0.25, 0.3) is 0 Å². The molecule has 28 heavy (non-hydrogen) atoms. The first kappa shape index (κ1) is 19.9. The molecule has 2 aromatic carbocycles. The van der Waals surface area contributed by atoms with Crippen LogP contribution in [0.15, 0.2) is 47.3 Å². The Morgan fingerprint density at radius 3 is 2.64 bits per heavy atom. The minimum Gasteiger partial charge on any atom is -0.493 e. The van der Waals surface area contributed by atoms with Crippen LogP contribution in [0, 0.1) is 13.8 Å². The number of rotatable bonds is 7. The minimum absolute atomic E-state index is 0.0654. The summed E-state index contributed by atoms with van der Waals surface area (Å²) in [6, 6.07) is 11.5. The highest BCUT2D eigenvalue weighted by atomic mass is 32.1. The highest BCUT2D eigenvalue weighted by molar-refractivity contribution is 7.07. The SMILES string of the molecule is COc1cc(C(=O)N(C)Cc2ccc(C)cc2C)ccc1OCc1cscn1. The number of ether oxygens (including phenoxy) is 2. The van der Waals surface area contributed by atoms with Crippen LogP contribution in [0.1, 0.15) is 32.7 Å². The fourth-order valence-electron chi connectivity index (χ4n) is 2.95. The predicted octanol–water partition coefficient (Wildman–Crippen LogP) is 4.62. The number of benzene rings is 2. The Hall–Kier alpha value is -2.86. The van der Waals surface area contributed by atoms with Crippen molar-refractivity contribution in [1.82, 2.24) is 9.88 Å². The van der Waals surface area contributed by atoms with E-state index < -0.39 is 0 Å². The molecule has 0 aliphatic heterocycles. The molecule has 0 N–H and O–H groups in total. The Kier molecular flexibility index (Phi) is 6.31. The third kappa shape index (κ3) is 4.70. The second-order valence-electron chi connectivity index (χ2n) is 6.73. The number of methoxy groups -OCH3 is 1. The summed E-state index contributed by atoms with van der Waals surface area (Å²) in [5.41, 5.74) is 6.72. The number of thiazole rings is 1. The predicted molar refractivity (Wildman–Crippen MR) is 111 cm³/mol. The van der Waals surface area contributed by atoms with E-state index >= 15 is 0 Å². The molecule has 0 spiro atoms. The van der Waals surface area contributed by atoms with Gasteiger partial charge >= 0.3 is 0 Å². The number of carbonyl (C=O) groups excluding carboxylic acids is 1. The summed E-state index contributed by atoms with van der Waals surface area (Å²) in [5, 5.41) is 1.94. The maximum Gasteiger partial charge on any atom is 0.254 e. The van der Waals surface area contributed by atoms with Crippen molar-refractivity contribution < 1.29 is 14.3 Å². The normalized spacial score (nSPS) is 10.6. The van der Waals surface area contributed by atoms with Crippen molar-refractivity contribution >= 4 is 17.2 Å². The van der Waals surface area contributed by atoms with Crippen molar-refractivity contribution in [3.05, 3.63) is 75.2 Å². The maximum atomic E-state index is 12.9. The third-order valence-corrected chi connectivity index (χ3v) is 5.16. The van der Waals surface area contributed by atoms with E-state index in [1.54, 1.807) is 42.8 Å². The van der Waals surface area contributed by atoms with Gasteiger partial charge in [0.05, 0.1) is 18.3 Å². The zero-order chi connectivity index (χ0) is 20.1. The van der Waals surface area contributed by atoms with Crippen LogP contribution in [-0.2, 0) is 13.2 Å². The molecule has 5 nitrogen and oxygen atoms in total. The highest BCUT2D eigenvalue weighted by Crippen LogP contribution is 2.29. The van der Waals surface area contributed by atoms with Gasteiger partial charge in [-0.2, -0.15) is 0 Å². The van der Waals surface area contributed by atoms with Gasteiger partial charge in [0.1, 0.15) is 6.61 Å². The summed E-state index contributed by atoms with van der Waals surface area (Å²) in [6.07, 6.45) is 0. The average Bonchev–Trinajstić information content (AvgIpc) is 3.21. The van der Waals surface area contributed by atoms with E-state index in [9.17, 15) is 4.79 Å². The molecule has 3 rings (SSSR count). The molecule has 0 atom stereocenters. The third-order valence-electron chi connectivity index (χ3n) is 4.52. The summed E-state index contributed by atoms with van der Waals surface area (Å²) in [4.78, 5) is 18.8. The van der Waals surface area contributed by atoms with Gasteiger partial charge in [0.25, 0.3) is 5.91 Å². The van der Waals surface area contributed by atoms with Crippen LogP contribution in [0.5, 0.6) is 11.5 Å². The Labute approximate surface area is 169 Å². The molecule has 1 amide bonds. The molecular weight excluding hydrogens is 372 g/mol. The minimum atomic E-state index is -0.0654.